The van der Waals surface area contributed by atoms with E-state index in [2.05, 4.69) is 22.3 Å². The van der Waals surface area contributed by atoms with Gasteiger partial charge in [0.2, 0.25) is 5.91 Å². The highest BCUT2D eigenvalue weighted by Gasteiger charge is 2.32. The van der Waals surface area contributed by atoms with E-state index in [1.165, 1.54) is 0 Å². The Morgan fingerprint density at radius 1 is 1.33 bits per heavy atom. The summed E-state index contributed by atoms with van der Waals surface area (Å²) in [5.74, 6) is -1.03. The second-order valence-electron chi connectivity index (χ2n) is 7.66. The minimum Gasteiger partial charge on any atom is -0.384 e. The van der Waals surface area contributed by atoms with E-state index in [1.54, 1.807) is 24.8 Å². The fourth-order valence-electron chi connectivity index (χ4n) is 3.90. The third kappa shape index (κ3) is 4.59. The smallest absolute Gasteiger partial charge is 0.313 e. The van der Waals surface area contributed by atoms with Gasteiger partial charge in [-0.3, -0.25) is 14.4 Å². The van der Waals surface area contributed by atoms with Gasteiger partial charge in [0.05, 0.1) is 12.5 Å². The van der Waals surface area contributed by atoms with Crippen molar-refractivity contribution in [2.75, 3.05) is 11.9 Å². The molecule has 3 rings (SSSR count). The second-order valence-corrected chi connectivity index (χ2v) is 7.66. The number of carbonyl (C=O) groups excluding carboxylic acids is 3. The van der Waals surface area contributed by atoms with Gasteiger partial charge in [0, 0.05) is 17.9 Å². The highest BCUT2D eigenvalue weighted by Crippen LogP contribution is 2.34. The van der Waals surface area contributed by atoms with Gasteiger partial charge in [-0.25, -0.2) is 4.99 Å². The minimum absolute atomic E-state index is 0.0306. The number of allylic oxidation sites excluding steroid dienone is 3. The minimum atomic E-state index is -0.688. The van der Waals surface area contributed by atoms with Crippen LogP contribution in [0.4, 0.5) is 5.69 Å². The highest BCUT2D eigenvalue weighted by atomic mass is 16.2. The van der Waals surface area contributed by atoms with Crippen molar-refractivity contribution in [1.29, 1.82) is 0 Å². The second kappa shape index (κ2) is 8.94. The number of piperidine rings is 1. The summed E-state index contributed by atoms with van der Waals surface area (Å²) in [5.41, 5.74) is 9.52. The summed E-state index contributed by atoms with van der Waals surface area (Å²) in [7, 11) is 0. The third-order valence-corrected chi connectivity index (χ3v) is 5.42. The Labute approximate surface area is 175 Å². The van der Waals surface area contributed by atoms with Crippen LogP contribution >= 0.6 is 0 Å². The van der Waals surface area contributed by atoms with Crippen LogP contribution in [0.15, 0.2) is 46.4 Å². The first-order valence-corrected chi connectivity index (χ1v) is 9.96. The highest BCUT2D eigenvalue weighted by molar-refractivity contribution is 6.35. The number of nitrogens with one attached hydrogen (secondary N) is 2. The third-order valence-electron chi connectivity index (χ3n) is 5.42. The number of anilines is 1. The number of nitrogens with zero attached hydrogens (tertiary/aromatic N) is 2. The summed E-state index contributed by atoms with van der Waals surface area (Å²) in [4.78, 5) is 42.4. The van der Waals surface area contributed by atoms with E-state index in [9.17, 15) is 14.4 Å². The number of aliphatic imine (C=N–C) groups is 1. The van der Waals surface area contributed by atoms with Crippen LogP contribution in [0.2, 0.25) is 0 Å². The van der Waals surface area contributed by atoms with Gasteiger partial charge < -0.3 is 21.3 Å². The Bertz CT molecular complexity index is 964. The Balaban J connectivity index is 1.76. The van der Waals surface area contributed by atoms with Gasteiger partial charge in [0.25, 0.3) is 0 Å². The van der Waals surface area contributed by atoms with E-state index in [4.69, 9.17) is 5.73 Å². The molecule has 1 aromatic carbocycles. The molecule has 0 aliphatic carbocycles. The molecule has 2 aliphatic rings. The summed E-state index contributed by atoms with van der Waals surface area (Å²) in [6.07, 6.45) is 4.58. The number of hydrogen-bond donors (Lipinski definition) is 3. The molecule has 1 saturated heterocycles. The van der Waals surface area contributed by atoms with Crippen LogP contribution in [0, 0.1) is 0 Å². The Morgan fingerprint density at radius 2 is 2.10 bits per heavy atom. The number of amides is 3. The molecule has 0 saturated carbocycles. The van der Waals surface area contributed by atoms with E-state index in [1.807, 2.05) is 18.2 Å². The molecule has 30 heavy (non-hydrogen) atoms. The average Bonchev–Trinajstić information content (AvgIpc) is 3.11. The van der Waals surface area contributed by atoms with Gasteiger partial charge in [-0.05, 0) is 68.7 Å². The number of fused-ring (bicyclic) bond motifs is 1. The molecule has 0 radical (unpaired) electrons. The molecular formula is C22H27N5O3. The van der Waals surface area contributed by atoms with E-state index < -0.39 is 11.8 Å². The van der Waals surface area contributed by atoms with Gasteiger partial charge in [0.15, 0.2) is 0 Å². The van der Waals surface area contributed by atoms with E-state index in [-0.39, 0.29) is 17.8 Å². The monoisotopic (exact) mass is 409 g/mol. The largest absolute Gasteiger partial charge is 0.384 e. The first-order chi connectivity index (χ1) is 14.3. The number of benzene rings is 1. The fraction of sp³-hybridized carbons (Fsp3) is 0.364. The molecule has 0 bridgehead atoms. The number of hydrogen-bond acceptors (Lipinski definition) is 5. The molecule has 8 heteroatoms. The van der Waals surface area contributed by atoms with Crippen LogP contribution in [-0.4, -0.2) is 35.9 Å². The number of likely N-dealkylation sites (tertiary alicyclic amines) is 1. The Morgan fingerprint density at radius 3 is 2.83 bits per heavy atom. The van der Waals surface area contributed by atoms with Crippen LogP contribution < -0.4 is 16.4 Å². The quantitative estimate of drug-likeness (QED) is 0.401. The molecule has 2 aliphatic heterocycles. The zero-order valence-electron chi connectivity index (χ0n) is 17.3. The lowest BCUT2D eigenvalue weighted by Gasteiger charge is -2.35. The molecule has 3 amide bonds. The van der Waals surface area contributed by atoms with Gasteiger partial charge in [-0.2, -0.15) is 0 Å². The zero-order chi connectivity index (χ0) is 21.8. The van der Waals surface area contributed by atoms with Crippen LogP contribution in [0.3, 0.4) is 0 Å². The Kier molecular flexibility index (Phi) is 6.34. The molecule has 1 aromatic rings. The van der Waals surface area contributed by atoms with Crippen molar-refractivity contribution in [3.05, 3.63) is 52.5 Å². The van der Waals surface area contributed by atoms with Crippen molar-refractivity contribution in [2.45, 2.75) is 45.6 Å². The van der Waals surface area contributed by atoms with Crippen molar-refractivity contribution in [1.82, 2.24) is 10.2 Å². The van der Waals surface area contributed by atoms with Crippen LogP contribution in [-0.2, 0) is 20.8 Å². The maximum absolute atomic E-state index is 12.9. The predicted molar refractivity (Wildman–Crippen MR) is 115 cm³/mol. The van der Waals surface area contributed by atoms with Gasteiger partial charge >= 0.3 is 11.8 Å². The van der Waals surface area contributed by atoms with E-state index >= 15 is 0 Å². The lowest BCUT2D eigenvalue weighted by molar-refractivity contribution is -0.148. The molecule has 158 valence electrons. The number of rotatable bonds is 4. The molecule has 0 unspecified atom stereocenters. The molecule has 0 aromatic heterocycles. The van der Waals surface area contributed by atoms with E-state index in [0.29, 0.717) is 24.2 Å². The predicted octanol–water partition coefficient (Wildman–Crippen LogP) is 2.15. The SMILES string of the molecule is C=N/C(N)=C(C)\C=C(/C)NC(=O)C(=O)N1CCCC[C@H]1c1ccc2c(c1)CC(=O)N2. The van der Waals surface area contributed by atoms with Crippen LogP contribution in [0.5, 0.6) is 0 Å². The van der Waals surface area contributed by atoms with Gasteiger partial charge in [-0.15, -0.1) is 0 Å². The van der Waals surface area contributed by atoms with Crippen LogP contribution in [0.1, 0.15) is 50.3 Å². The molecule has 1 fully saturated rings. The molecule has 2 heterocycles. The van der Waals surface area contributed by atoms with Crippen molar-refractivity contribution in [2.24, 2.45) is 10.7 Å². The molecule has 0 spiro atoms. The summed E-state index contributed by atoms with van der Waals surface area (Å²) in [6.45, 7) is 7.31. The number of carbonyl (C=O) groups is 3. The van der Waals surface area contributed by atoms with Crippen molar-refractivity contribution in [3.8, 4) is 0 Å². The zero-order valence-corrected chi connectivity index (χ0v) is 17.3. The number of nitrogens with two attached hydrogens (primary N) is 1. The Hall–Kier alpha value is -3.42. The fourth-order valence-corrected chi connectivity index (χ4v) is 3.90. The van der Waals surface area contributed by atoms with Crippen molar-refractivity contribution >= 4 is 30.1 Å². The molecular weight excluding hydrogens is 382 g/mol. The summed E-state index contributed by atoms with van der Waals surface area (Å²) < 4.78 is 0. The first-order valence-electron chi connectivity index (χ1n) is 9.96. The van der Waals surface area contributed by atoms with Crippen molar-refractivity contribution in [3.63, 3.8) is 0 Å². The lowest BCUT2D eigenvalue weighted by Crippen LogP contribution is -2.46. The van der Waals surface area contributed by atoms with Gasteiger partial charge in [-0.1, -0.05) is 12.1 Å². The summed E-state index contributed by atoms with van der Waals surface area (Å²) >= 11 is 0. The summed E-state index contributed by atoms with van der Waals surface area (Å²) in [6, 6.07) is 5.56. The van der Waals surface area contributed by atoms with Crippen molar-refractivity contribution < 1.29 is 14.4 Å². The maximum Gasteiger partial charge on any atom is 0.313 e. The summed E-state index contributed by atoms with van der Waals surface area (Å²) in [5, 5.41) is 5.45. The average molecular weight is 409 g/mol. The van der Waals surface area contributed by atoms with Crippen LogP contribution in [0.25, 0.3) is 0 Å². The first kappa shape index (κ1) is 21.3. The van der Waals surface area contributed by atoms with E-state index in [0.717, 1.165) is 36.1 Å². The standard InChI is InChI=1S/C22H27N5O3/c1-13(20(23)24-3)10-14(2)25-21(29)22(30)27-9-5-4-6-18(27)15-7-8-17-16(11-15)12-19(28)26-17/h7-8,10-11,18H,3-6,9,12,23H2,1-2H3,(H,25,29)(H,26,28)/b14-10+,20-13-/t18-/m0/s1. The molecule has 1 atom stereocenters. The van der Waals surface area contributed by atoms with Gasteiger partial charge in [0.1, 0.15) is 5.82 Å². The molecule has 8 nitrogen and oxygen atoms in total. The molecule has 4 N–H and O–H groups in total. The maximum atomic E-state index is 12.9. The normalized spacial score (nSPS) is 19.5. The topological polar surface area (TPSA) is 117 Å². The lowest BCUT2D eigenvalue weighted by atomic mass is 9.93.